The molecule has 0 spiro atoms. The number of aromatic nitrogens is 2. The number of hydrogen-bond acceptors (Lipinski definition) is 3. The smallest absolute Gasteiger partial charge is 0.0839 e. The summed E-state index contributed by atoms with van der Waals surface area (Å²) in [5, 5.41) is 8.04. The van der Waals surface area contributed by atoms with Crippen LogP contribution < -0.4 is 5.32 Å². The molecule has 0 fully saturated rings. The van der Waals surface area contributed by atoms with Crippen molar-refractivity contribution in [1.29, 1.82) is 0 Å². The van der Waals surface area contributed by atoms with Gasteiger partial charge in [-0.2, -0.15) is 5.10 Å². The molecular formula is C14H21N3S. The van der Waals surface area contributed by atoms with Gasteiger partial charge in [0.25, 0.3) is 0 Å². The highest BCUT2D eigenvalue weighted by Crippen LogP contribution is 2.28. The van der Waals surface area contributed by atoms with Gasteiger partial charge in [-0.15, -0.1) is 11.3 Å². The van der Waals surface area contributed by atoms with Crippen LogP contribution in [0, 0.1) is 6.92 Å². The van der Waals surface area contributed by atoms with E-state index in [1.807, 2.05) is 18.4 Å². The van der Waals surface area contributed by atoms with E-state index in [2.05, 4.69) is 54.1 Å². The van der Waals surface area contributed by atoms with Crippen molar-refractivity contribution in [3.63, 3.8) is 0 Å². The summed E-state index contributed by atoms with van der Waals surface area (Å²) in [5.74, 6) is 0. The van der Waals surface area contributed by atoms with Crippen LogP contribution >= 0.6 is 11.3 Å². The minimum absolute atomic E-state index is 0.247. The van der Waals surface area contributed by atoms with Gasteiger partial charge < -0.3 is 5.32 Å². The summed E-state index contributed by atoms with van der Waals surface area (Å²) in [6.07, 6.45) is 0.986. The van der Waals surface area contributed by atoms with Gasteiger partial charge in [0.2, 0.25) is 0 Å². The molecule has 1 unspecified atom stereocenters. The highest BCUT2D eigenvalue weighted by atomic mass is 32.1. The zero-order chi connectivity index (χ0) is 13.1. The largest absolute Gasteiger partial charge is 0.307 e. The first-order valence-electron chi connectivity index (χ1n) is 6.49. The molecule has 2 rings (SSSR count). The second kappa shape index (κ2) is 5.67. The van der Waals surface area contributed by atoms with E-state index in [0.717, 1.165) is 13.0 Å². The Morgan fingerprint density at radius 1 is 1.39 bits per heavy atom. The van der Waals surface area contributed by atoms with Crippen molar-refractivity contribution in [3.8, 4) is 0 Å². The van der Waals surface area contributed by atoms with Gasteiger partial charge in [0.05, 0.1) is 17.4 Å². The normalized spacial score (nSPS) is 12.9. The minimum Gasteiger partial charge on any atom is -0.307 e. The first-order valence-corrected chi connectivity index (χ1v) is 7.31. The molecule has 98 valence electrons. The van der Waals surface area contributed by atoms with Crippen LogP contribution in [0.3, 0.4) is 0 Å². The number of thiophene rings is 1. The van der Waals surface area contributed by atoms with E-state index in [0.29, 0.717) is 0 Å². The van der Waals surface area contributed by atoms with Crippen molar-refractivity contribution in [2.24, 2.45) is 0 Å². The van der Waals surface area contributed by atoms with E-state index in [-0.39, 0.29) is 6.04 Å². The molecule has 2 aromatic rings. The molecule has 0 saturated carbocycles. The average Bonchev–Trinajstić information content (AvgIpc) is 2.97. The van der Waals surface area contributed by atoms with Gasteiger partial charge in [-0.1, -0.05) is 6.92 Å². The third-order valence-electron chi connectivity index (χ3n) is 3.15. The first-order chi connectivity index (χ1) is 8.69. The minimum atomic E-state index is 0.247. The predicted molar refractivity (Wildman–Crippen MR) is 77.2 cm³/mol. The molecule has 4 heteroatoms. The number of hydrogen-bond donors (Lipinski definition) is 1. The summed E-state index contributed by atoms with van der Waals surface area (Å²) in [6.45, 7) is 7.35. The molecule has 0 radical (unpaired) electrons. The summed E-state index contributed by atoms with van der Waals surface area (Å²) in [5.41, 5.74) is 2.43. The molecule has 1 atom stereocenters. The zero-order valence-corrected chi connectivity index (χ0v) is 12.3. The molecule has 3 nitrogen and oxygen atoms in total. The highest BCUT2D eigenvalue weighted by molar-refractivity contribution is 7.12. The lowest BCUT2D eigenvalue weighted by molar-refractivity contribution is 0.564. The standard InChI is InChI=1S/C14H21N3S/c1-5-11-9-12(17(6-2)16-11)14(15-4)13-8-7-10(3)18-13/h7-9,14-15H,5-6H2,1-4H3. The van der Waals surface area contributed by atoms with Crippen LogP contribution in [-0.4, -0.2) is 16.8 Å². The lowest BCUT2D eigenvalue weighted by Gasteiger charge is -2.15. The molecule has 0 aliphatic carbocycles. The zero-order valence-electron chi connectivity index (χ0n) is 11.5. The fourth-order valence-electron chi connectivity index (χ4n) is 2.19. The molecule has 0 aliphatic rings. The van der Waals surface area contributed by atoms with Gasteiger partial charge >= 0.3 is 0 Å². The van der Waals surface area contributed by atoms with Crippen LogP contribution in [0.15, 0.2) is 18.2 Å². The lowest BCUT2D eigenvalue weighted by atomic mass is 10.1. The molecule has 0 amide bonds. The molecule has 1 N–H and O–H groups in total. The number of nitrogens with one attached hydrogen (secondary N) is 1. The van der Waals surface area contributed by atoms with E-state index < -0.39 is 0 Å². The molecule has 0 aromatic carbocycles. The molecule has 2 heterocycles. The van der Waals surface area contributed by atoms with Gasteiger partial charge in [0, 0.05) is 16.3 Å². The fourth-order valence-corrected chi connectivity index (χ4v) is 3.19. The topological polar surface area (TPSA) is 29.9 Å². The van der Waals surface area contributed by atoms with Gasteiger partial charge in [-0.3, -0.25) is 4.68 Å². The summed E-state index contributed by atoms with van der Waals surface area (Å²) >= 11 is 1.85. The van der Waals surface area contributed by atoms with Crippen molar-refractivity contribution in [1.82, 2.24) is 15.1 Å². The van der Waals surface area contributed by atoms with Crippen molar-refractivity contribution >= 4 is 11.3 Å². The van der Waals surface area contributed by atoms with Crippen LogP contribution in [0.25, 0.3) is 0 Å². The molecule has 0 saturated heterocycles. The van der Waals surface area contributed by atoms with Crippen molar-refractivity contribution in [2.45, 2.75) is 39.8 Å². The summed E-state index contributed by atoms with van der Waals surface area (Å²) in [7, 11) is 2.01. The highest BCUT2D eigenvalue weighted by Gasteiger charge is 2.19. The summed E-state index contributed by atoms with van der Waals surface area (Å²) in [6, 6.07) is 6.86. The van der Waals surface area contributed by atoms with Crippen LogP contribution in [0.4, 0.5) is 0 Å². The maximum Gasteiger partial charge on any atom is 0.0839 e. The van der Waals surface area contributed by atoms with Crippen LogP contribution in [0.1, 0.15) is 41.0 Å². The Morgan fingerprint density at radius 3 is 2.67 bits per heavy atom. The molecule has 0 aliphatic heterocycles. The Kier molecular flexibility index (Phi) is 4.19. The average molecular weight is 263 g/mol. The van der Waals surface area contributed by atoms with Crippen molar-refractivity contribution in [3.05, 3.63) is 39.3 Å². The van der Waals surface area contributed by atoms with E-state index in [1.54, 1.807) is 0 Å². The molecular weight excluding hydrogens is 242 g/mol. The van der Waals surface area contributed by atoms with E-state index in [9.17, 15) is 0 Å². The Morgan fingerprint density at radius 2 is 2.17 bits per heavy atom. The van der Waals surface area contributed by atoms with Gasteiger partial charge in [0.1, 0.15) is 0 Å². The van der Waals surface area contributed by atoms with Crippen LogP contribution in [0.5, 0.6) is 0 Å². The van der Waals surface area contributed by atoms with E-state index in [1.165, 1.54) is 21.1 Å². The Labute approximate surface area is 113 Å². The van der Waals surface area contributed by atoms with Gasteiger partial charge in [-0.05, 0) is 45.5 Å². The Bertz CT molecular complexity index is 513. The van der Waals surface area contributed by atoms with Gasteiger partial charge in [0.15, 0.2) is 0 Å². The molecule has 2 aromatic heterocycles. The molecule has 18 heavy (non-hydrogen) atoms. The van der Waals surface area contributed by atoms with Crippen molar-refractivity contribution in [2.75, 3.05) is 7.05 Å². The lowest BCUT2D eigenvalue weighted by Crippen LogP contribution is -2.20. The Balaban J connectivity index is 2.40. The maximum absolute atomic E-state index is 4.63. The van der Waals surface area contributed by atoms with E-state index in [4.69, 9.17) is 0 Å². The summed E-state index contributed by atoms with van der Waals surface area (Å²) < 4.78 is 2.11. The summed E-state index contributed by atoms with van der Waals surface area (Å²) in [4.78, 5) is 2.70. The molecule has 0 bridgehead atoms. The van der Waals surface area contributed by atoms with E-state index >= 15 is 0 Å². The maximum atomic E-state index is 4.63. The second-order valence-corrected chi connectivity index (χ2v) is 5.72. The van der Waals surface area contributed by atoms with Gasteiger partial charge in [-0.25, -0.2) is 0 Å². The first kappa shape index (κ1) is 13.3. The third kappa shape index (κ3) is 2.49. The van der Waals surface area contributed by atoms with Crippen LogP contribution in [-0.2, 0) is 13.0 Å². The monoisotopic (exact) mass is 263 g/mol. The fraction of sp³-hybridized carbons (Fsp3) is 0.500. The number of nitrogens with zero attached hydrogens (tertiary/aromatic N) is 2. The number of rotatable bonds is 5. The third-order valence-corrected chi connectivity index (χ3v) is 4.22. The SMILES string of the molecule is CCc1cc(C(NC)c2ccc(C)s2)n(CC)n1. The number of aryl methyl sites for hydroxylation is 3. The van der Waals surface area contributed by atoms with Crippen LogP contribution in [0.2, 0.25) is 0 Å². The quantitative estimate of drug-likeness (QED) is 0.898. The second-order valence-electron chi connectivity index (χ2n) is 4.40. The van der Waals surface area contributed by atoms with Crippen molar-refractivity contribution < 1.29 is 0 Å². The Hall–Kier alpha value is -1.13. The predicted octanol–water partition coefficient (Wildman–Crippen LogP) is 3.14.